The highest BCUT2D eigenvalue weighted by Gasteiger charge is 2.35. The summed E-state index contributed by atoms with van der Waals surface area (Å²) >= 11 is 0. The Morgan fingerprint density at radius 1 is 1.19 bits per heavy atom. The lowest BCUT2D eigenvalue weighted by atomic mass is 9.91. The second-order valence-electron chi connectivity index (χ2n) is 7.37. The van der Waals surface area contributed by atoms with Gasteiger partial charge in [-0.25, -0.2) is 0 Å². The summed E-state index contributed by atoms with van der Waals surface area (Å²) < 4.78 is 0. The molecule has 0 aliphatic carbocycles. The van der Waals surface area contributed by atoms with E-state index in [0.717, 1.165) is 30.8 Å². The molecular weight excluding hydrogens is 350 g/mol. The third-order valence-electron chi connectivity index (χ3n) is 5.19. The minimum absolute atomic E-state index is 0. The molecule has 1 aromatic rings. The highest BCUT2D eigenvalue weighted by molar-refractivity contribution is 5.85. The van der Waals surface area contributed by atoms with Gasteiger partial charge in [0.05, 0.1) is 6.42 Å². The summed E-state index contributed by atoms with van der Waals surface area (Å²) in [7, 11) is 1.66. The van der Waals surface area contributed by atoms with Gasteiger partial charge in [0.25, 0.3) is 0 Å². The number of aryl methyl sites for hydroxylation is 1. The average Bonchev–Trinajstić information content (AvgIpc) is 2.97. The van der Waals surface area contributed by atoms with E-state index in [1.165, 1.54) is 0 Å². The van der Waals surface area contributed by atoms with Gasteiger partial charge in [0.2, 0.25) is 11.8 Å². The van der Waals surface area contributed by atoms with E-state index in [0.29, 0.717) is 24.7 Å². The number of carbonyl (C=O) groups excluding carboxylic acids is 2. The van der Waals surface area contributed by atoms with Crippen molar-refractivity contribution in [1.29, 1.82) is 0 Å². The van der Waals surface area contributed by atoms with E-state index in [-0.39, 0.29) is 30.3 Å². The molecule has 146 valence electrons. The first-order valence-electron chi connectivity index (χ1n) is 9.17. The first-order chi connectivity index (χ1) is 11.9. The zero-order valence-corrected chi connectivity index (χ0v) is 17.1. The topological polar surface area (TPSA) is 61.4 Å². The highest BCUT2D eigenvalue weighted by Crippen LogP contribution is 2.24. The van der Waals surface area contributed by atoms with Gasteiger partial charge in [0, 0.05) is 39.1 Å². The van der Waals surface area contributed by atoms with Gasteiger partial charge < -0.3 is 15.5 Å². The number of nitrogens with one attached hydrogen (secondary N) is 2. The van der Waals surface area contributed by atoms with Crippen molar-refractivity contribution in [3.8, 4) is 0 Å². The molecule has 2 rings (SSSR count). The van der Waals surface area contributed by atoms with Crippen LogP contribution in [-0.2, 0) is 16.0 Å². The lowest BCUT2D eigenvalue weighted by Crippen LogP contribution is -2.42. The summed E-state index contributed by atoms with van der Waals surface area (Å²) in [5.41, 5.74) is 2.23. The first kappa shape index (κ1) is 22.5. The molecule has 1 aliphatic heterocycles. The molecule has 0 bridgehead atoms. The summed E-state index contributed by atoms with van der Waals surface area (Å²) in [6.07, 6.45) is 0.928. The van der Waals surface area contributed by atoms with E-state index in [9.17, 15) is 9.59 Å². The van der Waals surface area contributed by atoms with Crippen LogP contribution in [0.1, 0.15) is 31.4 Å². The molecule has 1 heterocycles. The van der Waals surface area contributed by atoms with Gasteiger partial charge in [0.15, 0.2) is 0 Å². The normalized spacial score (nSPS) is 19.9. The Balaban J connectivity index is 0.00000338. The van der Waals surface area contributed by atoms with Crippen molar-refractivity contribution in [3.63, 3.8) is 0 Å². The number of amides is 2. The maximum Gasteiger partial charge on any atom is 0.224 e. The van der Waals surface area contributed by atoms with E-state index in [4.69, 9.17) is 0 Å². The predicted molar refractivity (Wildman–Crippen MR) is 108 cm³/mol. The zero-order chi connectivity index (χ0) is 18.4. The van der Waals surface area contributed by atoms with Gasteiger partial charge in [-0.3, -0.25) is 9.59 Å². The molecule has 0 saturated carbocycles. The van der Waals surface area contributed by atoms with Gasteiger partial charge in [-0.1, -0.05) is 38.1 Å². The molecule has 26 heavy (non-hydrogen) atoms. The Labute approximate surface area is 163 Å². The van der Waals surface area contributed by atoms with Crippen LogP contribution in [0.3, 0.4) is 0 Å². The van der Waals surface area contributed by atoms with Crippen molar-refractivity contribution in [2.24, 2.45) is 11.8 Å². The summed E-state index contributed by atoms with van der Waals surface area (Å²) in [5.74, 6) is 1.06. The Hall–Kier alpha value is -1.59. The van der Waals surface area contributed by atoms with Crippen LogP contribution in [0.2, 0.25) is 0 Å². The summed E-state index contributed by atoms with van der Waals surface area (Å²) in [5, 5.41) is 5.90. The number of carbonyl (C=O) groups is 2. The van der Waals surface area contributed by atoms with Gasteiger partial charge >= 0.3 is 0 Å². The van der Waals surface area contributed by atoms with Crippen LogP contribution in [0.25, 0.3) is 0 Å². The van der Waals surface area contributed by atoms with Crippen LogP contribution < -0.4 is 10.6 Å². The van der Waals surface area contributed by atoms with E-state index in [1.807, 2.05) is 31.2 Å². The molecule has 2 atom stereocenters. The van der Waals surface area contributed by atoms with Gasteiger partial charge in [0.1, 0.15) is 0 Å². The lowest BCUT2D eigenvalue weighted by molar-refractivity contribution is -0.122. The minimum atomic E-state index is 0. The van der Waals surface area contributed by atoms with E-state index >= 15 is 0 Å². The number of hydrogen-bond acceptors (Lipinski definition) is 3. The van der Waals surface area contributed by atoms with Crippen molar-refractivity contribution in [3.05, 3.63) is 35.4 Å². The molecule has 0 unspecified atom stereocenters. The van der Waals surface area contributed by atoms with Crippen molar-refractivity contribution in [2.75, 3.05) is 26.7 Å². The fourth-order valence-corrected chi connectivity index (χ4v) is 3.55. The molecule has 6 heteroatoms. The monoisotopic (exact) mass is 381 g/mol. The molecule has 0 radical (unpaired) electrons. The average molecular weight is 382 g/mol. The van der Waals surface area contributed by atoms with Gasteiger partial charge in [-0.05, 0) is 29.9 Å². The molecule has 2 N–H and O–H groups in total. The van der Waals surface area contributed by atoms with Crippen molar-refractivity contribution >= 4 is 24.2 Å². The standard InChI is InChI=1S/C20H31N3O2.ClH/c1-14(2)17-12-23(10-9-19(24)21-4)13-18(17)22-20(25)11-16-8-6-5-7-15(16)3;/h5-8,14,17-18H,9-13H2,1-4H3,(H,21,24)(H,22,25);1H/t17-,18+;/m1./s1. The third-order valence-corrected chi connectivity index (χ3v) is 5.19. The molecule has 0 aromatic heterocycles. The molecule has 1 aliphatic rings. The number of nitrogens with zero attached hydrogens (tertiary/aromatic N) is 1. The number of benzene rings is 1. The summed E-state index contributed by atoms with van der Waals surface area (Å²) in [4.78, 5) is 26.3. The Morgan fingerprint density at radius 2 is 1.88 bits per heavy atom. The lowest BCUT2D eigenvalue weighted by Gasteiger charge is -2.23. The van der Waals surface area contributed by atoms with E-state index < -0.39 is 0 Å². The van der Waals surface area contributed by atoms with Crippen LogP contribution in [0.5, 0.6) is 0 Å². The predicted octanol–water partition coefficient (Wildman–Crippen LogP) is 2.17. The van der Waals surface area contributed by atoms with E-state index in [2.05, 4.69) is 29.4 Å². The maximum absolute atomic E-state index is 12.5. The fourth-order valence-electron chi connectivity index (χ4n) is 3.55. The molecule has 1 fully saturated rings. The largest absolute Gasteiger partial charge is 0.359 e. The minimum Gasteiger partial charge on any atom is -0.359 e. The smallest absolute Gasteiger partial charge is 0.224 e. The zero-order valence-electron chi connectivity index (χ0n) is 16.2. The molecular formula is C20H32ClN3O2. The fraction of sp³-hybridized carbons (Fsp3) is 0.600. The quantitative estimate of drug-likeness (QED) is 0.760. The van der Waals surface area contributed by atoms with Crippen molar-refractivity contribution in [2.45, 2.75) is 39.7 Å². The number of rotatable bonds is 7. The molecule has 5 nitrogen and oxygen atoms in total. The van der Waals surface area contributed by atoms with Gasteiger partial charge in [-0.15, -0.1) is 12.4 Å². The second kappa shape index (κ2) is 10.5. The third kappa shape index (κ3) is 6.29. The highest BCUT2D eigenvalue weighted by atomic mass is 35.5. The van der Waals surface area contributed by atoms with Gasteiger partial charge in [-0.2, -0.15) is 0 Å². The first-order valence-corrected chi connectivity index (χ1v) is 9.17. The Morgan fingerprint density at radius 3 is 2.50 bits per heavy atom. The SMILES string of the molecule is CNC(=O)CCN1C[C@H](NC(=O)Cc2ccccc2C)[C@@H](C(C)C)C1.Cl. The van der Waals surface area contributed by atoms with Crippen LogP contribution in [0, 0.1) is 18.8 Å². The summed E-state index contributed by atoms with van der Waals surface area (Å²) in [6, 6.07) is 8.17. The number of likely N-dealkylation sites (tertiary alicyclic amines) is 1. The number of halogens is 1. The number of hydrogen-bond donors (Lipinski definition) is 2. The Bertz CT molecular complexity index is 606. The molecule has 1 aromatic carbocycles. The molecule has 0 spiro atoms. The molecule has 1 saturated heterocycles. The van der Waals surface area contributed by atoms with Crippen molar-refractivity contribution in [1.82, 2.24) is 15.5 Å². The Kier molecular flexibility index (Phi) is 9.09. The van der Waals surface area contributed by atoms with Crippen LogP contribution in [-0.4, -0.2) is 49.4 Å². The van der Waals surface area contributed by atoms with Crippen LogP contribution >= 0.6 is 12.4 Å². The summed E-state index contributed by atoms with van der Waals surface area (Å²) in [6.45, 7) is 8.94. The second-order valence-corrected chi connectivity index (χ2v) is 7.37. The molecule has 2 amide bonds. The maximum atomic E-state index is 12.5. The van der Waals surface area contributed by atoms with Crippen molar-refractivity contribution < 1.29 is 9.59 Å². The van der Waals surface area contributed by atoms with Crippen LogP contribution in [0.15, 0.2) is 24.3 Å². The van der Waals surface area contributed by atoms with E-state index in [1.54, 1.807) is 7.05 Å². The van der Waals surface area contributed by atoms with Crippen LogP contribution in [0.4, 0.5) is 0 Å².